The van der Waals surface area contributed by atoms with Gasteiger partial charge in [0.05, 0.1) is 0 Å². The van der Waals surface area contributed by atoms with E-state index in [0.29, 0.717) is 0 Å². The number of hydrogen-bond acceptors (Lipinski definition) is 1. The van der Waals surface area contributed by atoms with Gasteiger partial charge in [-0.15, -0.1) is 0 Å². The Kier molecular flexibility index (Phi) is 3.86. The monoisotopic (exact) mass is 195 g/mol. The molecule has 0 saturated heterocycles. The molecule has 0 aromatic carbocycles. The minimum Gasteiger partial charge on any atom is -0.317 e. The Labute approximate surface area is 88.7 Å². The van der Waals surface area contributed by atoms with Crippen molar-refractivity contribution in [2.24, 2.45) is 17.8 Å². The molecule has 3 unspecified atom stereocenters. The van der Waals surface area contributed by atoms with Crippen molar-refractivity contribution >= 4 is 0 Å². The van der Waals surface area contributed by atoms with Gasteiger partial charge in [0.1, 0.15) is 0 Å². The van der Waals surface area contributed by atoms with Crippen LogP contribution in [0.15, 0.2) is 0 Å². The maximum absolute atomic E-state index is 3.50. The van der Waals surface area contributed by atoms with Gasteiger partial charge in [0.25, 0.3) is 0 Å². The van der Waals surface area contributed by atoms with Crippen molar-refractivity contribution in [1.29, 1.82) is 0 Å². The van der Waals surface area contributed by atoms with E-state index >= 15 is 0 Å². The van der Waals surface area contributed by atoms with Crippen molar-refractivity contribution < 1.29 is 0 Å². The van der Waals surface area contributed by atoms with E-state index < -0.39 is 0 Å². The molecular weight excluding hydrogens is 170 g/mol. The van der Waals surface area contributed by atoms with E-state index in [-0.39, 0.29) is 0 Å². The Morgan fingerprint density at radius 2 is 2.07 bits per heavy atom. The van der Waals surface area contributed by atoms with Gasteiger partial charge in [-0.2, -0.15) is 0 Å². The smallest absolute Gasteiger partial charge is 0.00488 e. The van der Waals surface area contributed by atoms with Crippen LogP contribution in [0, 0.1) is 17.8 Å². The second-order valence-corrected chi connectivity index (χ2v) is 5.33. The van der Waals surface area contributed by atoms with Crippen molar-refractivity contribution in [3.8, 4) is 0 Å². The molecule has 0 aliphatic heterocycles. The zero-order valence-electron chi connectivity index (χ0n) is 9.60. The molecular formula is C13H25N. The van der Waals surface area contributed by atoms with E-state index in [2.05, 4.69) is 12.2 Å². The Morgan fingerprint density at radius 1 is 1.14 bits per heavy atom. The van der Waals surface area contributed by atoms with E-state index in [1.54, 1.807) is 25.7 Å². The summed E-state index contributed by atoms with van der Waals surface area (Å²) in [6, 6.07) is 0. The van der Waals surface area contributed by atoms with Crippen LogP contribution in [0.5, 0.6) is 0 Å². The van der Waals surface area contributed by atoms with E-state index in [0.717, 1.165) is 17.8 Å². The fourth-order valence-electron chi connectivity index (χ4n) is 3.52. The fourth-order valence-corrected chi connectivity index (χ4v) is 3.52. The van der Waals surface area contributed by atoms with Crippen LogP contribution < -0.4 is 5.32 Å². The molecule has 1 N–H and O–H groups in total. The van der Waals surface area contributed by atoms with E-state index in [4.69, 9.17) is 0 Å². The molecule has 0 spiro atoms. The molecule has 0 aromatic rings. The summed E-state index contributed by atoms with van der Waals surface area (Å²) in [5.74, 6) is 3.37. The van der Waals surface area contributed by atoms with E-state index in [1.807, 2.05) is 0 Å². The first-order valence-electron chi connectivity index (χ1n) is 6.61. The van der Waals surface area contributed by atoms with Gasteiger partial charge >= 0.3 is 0 Å². The van der Waals surface area contributed by atoms with Crippen molar-refractivity contribution in [2.45, 2.75) is 51.9 Å². The first-order chi connectivity index (χ1) is 6.90. The van der Waals surface area contributed by atoms with Gasteiger partial charge in [-0.3, -0.25) is 0 Å². The van der Waals surface area contributed by atoms with Crippen LogP contribution in [-0.4, -0.2) is 13.1 Å². The Balaban J connectivity index is 1.54. The van der Waals surface area contributed by atoms with Crippen LogP contribution in [0.2, 0.25) is 0 Å². The first-order valence-corrected chi connectivity index (χ1v) is 6.61. The zero-order chi connectivity index (χ0) is 9.80. The molecule has 2 bridgehead atoms. The van der Waals surface area contributed by atoms with Crippen LogP contribution in [-0.2, 0) is 0 Å². The van der Waals surface area contributed by atoms with Gasteiger partial charge in [-0.25, -0.2) is 0 Å². The lowest BCUT2D eigenvalue weighted by atomic mass is 9.85. The molecule has 0 radical (unpaired) electrons. The normalized spacial score (nSPS) is 35.4. The summed E-state index contributed by atoms with van der Waals surface area (Å²) in [5.41, 5.74) is 0. The third-order valence-electron chi connectivity index (χ3n) is 4.24. The summed E-state index contributed by atoms with van der Waals surface area (Å²) in [7, 11) is 0. The summed E-state index contributed by atoms with van der Waals surface area (Å²) in [6.07, 6.45) is 10.4. The molecule has 2 saturated carbocycles. The topological polar surface area (TPSA) is 12.0 Å². The lowest BCUT2D eigenvalue weighted by molar-refractivity contribution is 0.307. The van der Waals surface area contributed by atoms with Crippen LogP contribution in [0.4, 0.5) is 0 Å². The molecule has 2 rings (SSSR count). The number of hydrogen-bond donors (Lipinski definition) is 1. The van der Waals surface area contributed by atoms with Gasteiger partial charge in [0, 0.05) is 0 Å². The molecule has 2 aliphatic carbocycles. The average molecular weight is 195 g/mol. The summed E-state index contributed by atoms with van der Waals surface area (Å²) in [4.78, 5) is 0. The lowest BCUT2D eigenvalue weighted by Crippen LogP contribution is -2.18. The Hall–Kier alpha value is -0.0400. The molecule has 3 atom stereocenters. The van der Waals surface area contributed by atoms with Crippen molar-refractivity contribution in [3.63, 3.8) is 0 Å². The van der Waals surface area contributed by atoms with Gasteiger partial charge in [-0.05, 0) is 69.4 Å². The van der Waals surface area contributed by atoms with Crippen LogP contribution in [0.1, 0.15) is 51.9 Å². The molecule has 82 valence electrons. The SMILES string of the molecule is CCCNCCCC1CC2CCC1C2. The van der Waals surface area contributed by atoms with Gasteiger partial charge < -0.3 is 5.32 Å². The maximum atomic E-state index is 3.50. The zero-order valence-corrected chi connectivity index (χ0v) is 9.60. The summed E-state index contributed by atoms with van der Waals surface area (Å²) in [5, 5.41) is 3.50. The molecule has 0 amide bonds. The van der Waals surface area contributed by atoms with Crippen molar-refractivity contribution in [2.75, 3.05) is 13.1 Å². The molecule has 2 aliphatic rings. The van der Waals surface area contributed by atoms with Crippen LogP contribution >= 0.6 is 0 Å². The molecule has 2 fully saturated rings. The number of fused-ring (bicyclic) bond motifs is 2. The Morgan fingerprint density at radius 3 is 2.71 bits per heavy atom. The fraction of sp³-hybridized carbons (Fsp3) is 1.00. The van der Waals surface area contributed by atoms with Gasteiger partial charge in [0.15, 0.2) is 0 Å². The average Bonchev–Trinajstić information content (AvgIpc) is 2.79. The summed E-state index contributed by atoms with van der Waals surface area (Å²) >= 11 is 0. The second-order valence-electron chi connectivity index (χ2n) is 5.33. The standard InChI is InChI=1S/C13H25N/c1-2-7-14-8-3-4-12-9-11-5-6-13(12)10-11/h11-14H,2-10H2,1H3. The highest BCUT2D eigenvalue weighted by atomic mass is 14.8. The van der Waals surface area contributed by atoms with E-state index in [1.165, 1.54) is 32.4 Å². The maximum Gasteiger partial charge on any atom is -0.00488 e. The molecule has 14 heavy (non-hydrogen) atoms. The quantitative estimate of drug-likeness (QED) is 0.642. The molecule has 1 nitrogen and oxygen atoms in total. The van der Waals surface area contributed by atoms with Crippen molar-refractivity contribution in [3.05, 3.63) is 0 Å². The molecule has 0 heterocycles. The number of nitrogens with one attached hydrogen (secondary N) is 1. The molecule has 0 aromatic heterocycles. The minimum atomic E-state index is 1.11. The minimum absolute atomic E-state index is 1.11. The Bertz CT molecular complexity index is 167. The number of rotatable bonds is 6. The highest BCUT2D eigenvalue weighted by molar-refractivity contribution is 4.89. The van der Waals surface area contributed by atoms with Gasteiger partial charge in [0.2, 0.25) is 0 Å². The largest absolute Gasteiger partial charge is 0.317 e. The molecule has 1 heteroatoms. The third kappa shape index (κ3) is 2.50. The summed E-state index contributed by atoms with van der Waals surface area (Å²) in [6.45, 7) is 4.70. The third-order valence-corrected chi connectivity index (χ3v) is 4.24. The second kappa shape index (κ2) is 5.16. The van der Waals surface area contributed by atoms with Crippen LogP contribution in [0.3, 0.4) is 0 Å². The van der Waals surface area contributed by atoms with Crippen LogP contribution in [0.25, 0.3) is 0 Å². The highest BCUT2D eigenvalue weighted by Gasteiger charge is 2.38. The first kappa shape index (κ1) is 10.5. The van der Waals surface area contributed by atoms with E-state index in [9.17, 15) is 0 Å². The van der Waals surface area contributed by atoms with Crippen molar-refractivity contribution in [1.82, 2.24) is 5.32 Å². The highest BCUT2D eigenvalue weighted by Crippen LogP contribution is 2.49. The summed E-state index contributed by atoms with van der Waals surface area (Å²) < 4.78 is 0. The predicted molar refractivity (Wildman–Crippen MR) is 61.3 cm³/mol. The predicted octanol–water partition coefficient (Wildman–Crippen LogP) is 3.20. The lowest BCUT2D eigenvalue weighted by Gasteiger charge is -2.21. The van der Waals surface area contributed by atoms with Gasteiger partial charge in [-0.1, -0.05) is 13.3 Å².